The van der Waals surface area contributed by atoms with E-state index in [2.05, 4.69) is 24.5 Å². The van der Waals surface area contributed by atoms with Gasteiger partial charge in [0.1, 0.15) is 0 Å². The third-order valence-corrected chi connectivity index (χ3v) is 3.13. The number of nitrogens with one attached hydrogen (secondary N) is 2. The number of hydrogen-bond donors (Lipinski definition) is 2. The van der Waals surface area contributed by atoms with Gasteiger partial charge in [-0.15, -0.1) is 0 Å². The van der Waals surface area contributed by atoms with Crippen LogP contribution in [-0.4, -0.2) is 30.9 Å². The molecule has 1 saturated heterocycles. The van der Waals surface area contributed by atoms with Crippen LogP contribution in [-0.2, 0) is 4.74 Å². The maximum Gasteiger partial charge on any atom is 0.166 e. The van der Waals surface area contributed by atoms with Crippen molar-refractivity contribution in [1.82, 2.24) is 10.6 Å². The number of hydrogen-bond acceptors (Lipinski definition) is 2. The van der Waals surface area contributed by atoms with E-state index in [1.807, 2.05) is 0 Å². The average molecular weight is 230 g/mol. The lowest BCUT2D eigenvalue weighted by molar-refractivity contribution is 0.0582. The summed E-state index contributed by atoms with van der Waals surface area (Å²) in [6.45, 7) is 7.08. The lowest BCUT2D eigenvalue weighted by atomic mass is 9.93. The summed E-state index contributed by atoms with van der Waals surface area (Å²) >= 11 is 5.21. The summed E-state index contributed by atoms with van der Waals surface area (Å²) in [6.07, 6.45) is 3.39. The minimum atomic E-state index is 0.450. The fourth-order valence-electron chi connectivity index (χ4n) is 1.83. The third-order valence-electron chi connectivity index (χ3n) is 2.87. The zero-order chi connectivity index (χ0) is 11.1. The van der Waals surface area contributed by atoms with Crippen LogP contribution >= 0.6 is 12.2 Å². The fraction of sp³-hybridized carbons (Fsp3) is 0.909. The Morgan fingerprint density at radius 2 is 2.13 bits per heavy atom. The molecule has 0 saturated carbocycles. The van der Waals surface area contributed by atoms with Gasteiger partial charge in [-0.3, -0.25) is 0 Å². The summed E-state index contributed by atoms with van der Waals surface area (Å²) in [5.74, 6) is 0.695. The molecular formula is C11H22N2OS. The Morgan fingerprint density at radius 3 is 2.73 bits per heavy atom. The van der Waals surface area contributed by atoms with Crippen LogP contribution in [0.1, 0.15) is 33.1 Å². The smallest absolute Gasteiger partial charge is 0.166 e. The highest BCUT2D eigenvalue weighted by Gasteiger charge is 2.20. The van der Waals surface area contributed by atoms with E-state index in [1.165, 1.54) is 0 Å². The number of ether oxygens (including phenoxy) is 1. The van der Waals surface area contributed by atoms with Crippen molar-refractivity contribution in [3.8, 4) is 0 Å². The molecule has 1 rings (SSSR count). The Hall–Kier alpha value is -0.350. The summed E-state index contributed by atoms with van der Waals surface area (Å²) < 4.78 is 5.34. The molecule has 0 spiro atoms. The van der Waals surface area contributed by atoms with E-state index >= 15 is 0 Å². The zero-order valence-electron chi connectivity index (χ0n) is 9.71. The molecule has 1 atom stereocenters. The molecular weight excluding hydrogens is 208 g/mol. The molecule has 1 heterocycles. The minimum absolute atomic E-state index is 0.450. The predicted molar refractivity (Wildman–Crippen MR) is 67.0 cm³/mol. The lowest BCUT2D eigenvalue weighted by Crippen LogP contribution is -2.45. The summed E-state index contributed by atoms with van der Waals surface area (Å²) in [7, 11) is 0. The van der Waals surface area contributed by atoms with Crippen molar-refractivity contribution >= 4 is 17.3 Å². The second-order valence-electron chi connectivity index (χ2n) is 4.14. The van der Waals surface area contributed by atoms with Crippen molar-refractivity contribution in [2.24, 2.45) is 5.92 Å². The van der Waals surface area contributed by atoms with E-state index in [4.69, 9.17) is 17.0 Å². The van der Waals surface area contributed by atoms with E-state index in [9.17, 15) is 0 Å². The van der Waals surface area contributed by atoms with Crippen LogP contribution in [0.2, 0.25) is 0 Å². The Balaban J connectivity index is 2.21. The van der Waals surface area contributed by atoms with Crippen molar-refractivity contribution in [3.05, 3.63) is 0 Å². The van der Waals surface area contributed by atoms with Crippen LogP contribution in [0, 0.1) is 5.92 Å². The molecule has 1 unspecified atom stereocenters. The van der Waals surface area contributed by atoms with Crippen molar-refractivity contribution in [3.63, 3.8) is 0 Å². The monoisotopic (exact) mass is 230 g/mol. The molecule has 1 fully saturated rings. The number of rotatable bonds is 4. The van der Waals surface area contributed by atoms with Crippen LogP contribution < -0.4 is 10.6 Å². The predicted octanol–water partition coefficient (Wildman–Crippen LogP) is 1.68. The van der Waals surface area contributed by atoms with Gasteiger partial charge >= 0.3 is 0 Å². The van der Waals surface area contributed by atoms with Gasteiger partial charge in [-0.05, 0) is 44.3 Å². The van der Waals surface area contributed by atoms with Crippen molar-refractivity contribution in [2.45, 2.75) is 39.2 Å². The molecule has 15 heavy (non-hydrogen) atoms. The normalized spacial score (nSPS) is 19.6. The van der Waals surface area contributed by atoms with Crippen molar-refractivity contribution < 1.29 is 4.74 Å². The zero-order valence-corrected chi connectivity index (χ0v) is 10.5. The summed E-state index contributed by atoms with van der Waals surface area (Å²) in [4.78, 5) is 0. The molecule has 0 radical (unpaired) electrons. The van der Waals surface area contributed by atoms with Gasteiger partial charge in [0.05, 0.1) is 0 Å². The fourth-order valence-corrected chi connectivity index (χ4v) is 2.12. The second-order valence-corrected chi connectivity index (χ2v) is 4.55. The van der Waals surface area contributed by atoms with E-state index in [1.54, 1.807) is 0 Å². The molecule has 0 bridgehead atoms. The van der Waals surface area contributed by atoms with Crippen LogP contribution in [0.5, 0.6) is 0 Å². The SMILES string of the molecule is CCCNC(=S)NC(C)C1CCOCC1. The van der Waals surface area contributed by atoms with Crippen molar-refractivity contribution in [2.75, 3.05) is 19.8 Å². The summed E-state index contributed by atoms with van der Waals surface area (Å²) in [5, 5.41) is 7.33. The van der Waals surface area contributed by atoms with Crippen LogP contribution in [0.3, 0.4) is 0 Å². The van der Waals surface area contributed by atoms with Gasteiger partial charge in [0.25, 0.3) is 0 Å². The highest BCUT2D eigenvalue weighted by molar-refractivity contribution is 7.80. The minimum Gasteiger partial charge on any atom is -0.381 e. The van der Waals surface area contributed by atoms with Gasteiger partial charge in [0.2, 0.25) is 0 Å². The molecule has 3 nitrogen and oxygen atoms in total. The van der Waals surface area contributed by atoms with E-state index in [-0.39, 0.29) is 0 Å². The topological polar surface area (TPSA) is 33.3 Å². The molecule has 1 aliphatic rings. The van der Waals surface area contributed by atoms with Gasteiger partial charge < -0.3 is 15.4 Å². The lowest BCUT2D eigenvalue weighted by Gasteiger charge is -2.29. The third kappa shape index (κ3) is 4.80. The van der Waals surface area contributed by atoms with Gasteiger partial charge in [-0.25, -0.2) is 0 Å². The highest BCUT2D eigenvalue weighted by Crippen LogP contribution is 2.18. The Bertz CT molecular complexity index is 193. The molecule has 0 aromatic carbocycles. The standard InChI is InChI=1S/C11H22N2OS/c1-3-6-12-11(15)13-9(2)10-4-7-14-8-5-10/h9-10H,3-8H2,1-2H3,(H2,12,13,15). The molecule has 1 aliphatic heterocycles. The maximum absolute atomic E-state index is 5.34. The molecule has 2 N–H and O–H groups in total. The van der Waals surface area contributed by atoms with E-state index in [0.29, 0.717) is 12.0 Å². The molecule has 0 amide bonds. The first-order valence-corrected chi connectivity index (χ1v) is 6.27. The van der Waals surface area contributed by atoms with Gasteiger partial charge in [0, 0.05) is 25.8 Å². The molecule has 0 aromatic heterocycles. The first kappa shape index (κ1) is 12.7. The largest absolute Gasteiger partial charge is 0.381 e. The highest BCUT2D eigenvalue weighted by atomic mass is 32.1. The average Bonchev–Trinajstić information content (AvgIpc) is 2.27. The number of thiocarbonyl (C=S) groups is 1. The van der Waals surface area contributed by atoms with Crippen LogP contribution in [0.15, 0.2) is 0 Å². The summed E-state index contributed by atoms with van der Waals surface area (Å²) in [6, 6.07) is 0.450. The molecule has 4 heteroatoms. The van der Waals surface area contributed by atoms with Crippen LogP contribution in [0.25, 0.3) is 0 Å². The Kier molecular flexibility index (Phi) is 5.95. The van der Waals surface area contributed by atoms with Gasteiger partial charge in [-0.2, -0.15) is 0 Å². The van der Waals surface area contributed by atoms with E-state index < -0.39 is 0 Å². The molecule has 0 aromatic rings. The maximum atomic E-state index is 5.34. The Labute approximate surface area is 98.0 Å². The first-order valence-electron chi connectivity index (χ1n) is 5.86. The van der Waals surface area contributed by atoms with Crippen LogP contribution in [0.4, 0.5) is 0 Å². The molecule has 0 aliphatic carbocycles. The quantitative estimate of drug-likeness (QED) is 0.720. The molecule has 88 valence electrons. The summed E-state index contributed by atoms with van der Waals surface area (Å²) in [5.41, 5.74) is 0. The van der Waals surface area contributed by atoms with E-state index in [0.717, 1.165) is 44.1 Å². The first-order chi connectivity index (χ1) is 7.24. The Morgan fingerprint density at radius 1 is 1.47 bits per heavy atom. The second kappa shape index (κ2) is 7.01. The van der Waals surface area contributed by atoms with Gasteiger partial charge in [-0.1, -0.05) is 6.92 Å². The van der Waals surface area contributed by atoms with Crippen molar-refractivity contribution in [1.29, 1.82) is 0 Å². The van der Waals surface area contributed by atoms with Gasteiger partial charge in [0.15, 0.2) is 5.11 Å².